The Balaban J connectivity index is 2.62. The molecule has 1 heterocycles. The Hall–Kier alpha value is -1.18. The minimum atomic E-state index is 0.217. The third-order valence-corrected chi connectivity index (χ3v) is 2.90. The van der Waals surface area contributed by atoms with E-state index in [1.165, 1.54) is 16.8 Å². The SMILES string of the molecule is COc1cc(C)cc2c1NCC2(C)C. The van der Waals surface area contributed by atoms with Gasteiger partial charge in [-0.2, -0.15) is 0 Å². The lowest BCUT2D eigenvalue weighted by Gasteiger charge is -2.17. The summed E-state index contributed by atoms with van der Waals surface area (Å²) >= 11 is 0. The first-order valence-corrected chi connectivity index (χ1v) is 4.97. The number of anilines is 1. The van der Waals surface area contributed by atoms with Crippen molar-refractivity contribution in [3.63, 3.8) is 0 Å². The van der Waals surface area contributed by atoms with Crippen LogP contribution in [0.1, 0.15) is 25.0 Å². The van der Waals surface area contributed by atoms with Gasteiger partial charge in [0.1, 0.15) is 5.75 Å². The molecule has 0 saturated carbocycles. The number of nitrogens with one attached hydrogen (secondary N) is 1. The second kappa shape index (κ2) is 2.91. The summed E-state index contributed by atoms with van der Waals surface area (Å²) in [6.45, 7) is 7.61. The maximum Gasteiger partial charge on any atom is 0.142 e. The molecule has 0 spiro atoms. The second-order valence-electron chi connectivity index (χ2n) is 4.63. The monoisotopic (exact) mass is 191 g/mol. The number of methoxy groups -OCH3 is 1. The highest BCUT2D eigenvalue weighted by Crippen LogP contribution is 2.42. The van der Waals surface area contributed by atoms with E-state index in [2.05, 4.69) is 38.2 Å². The lowest BCUT2D eigenvalue weighted by Crippen LogP contribution is -2.18. The van der Waals surface area contributed by atoms with Gasteiger partial charge >= 0.3 is 0 Å². The molecule has 14 heavy (non-hydrogen) atoms. The Bertz CT molecular complexity index is 369. The van der Waals surface area contributed by atoms with E-state index in [4.69, 9.17) is 4.74 Å². The number of rotatable bonds is 1. The summed E-state index contributed by atoms with van der Waals surface area (Å²) in [6, 6.07) is 4.32. The first-order chi connectivity index (χ1) is 6.54. The Morgan fingerprint density at radius 2 is 2.07 bits per heavy atom. The van der Waals surface area contributed by atoms with Crippen LogP contribution in [0.2, 0.25) is 0 Å². The molecular formula is C12H17NO. The van der Waals surface area contributed by atoms with E-state index in [9.17, 15) is 0 Å². The average molecular weight is 191 g/mol. The third kappa shape index (κ3) is 1.26. The van der Waals surface area contributed by atoms with Crippen LogP contribution in [0, 0.1) is 6.92 Å². The Labute approximate surface area is 85.3 Å². The lowest BCUT2D eigenvalue weighted by atomic mass is 9.86. The third-order valence-electron chi connectivity index (χ3n) is 2.90. The van der Waals surface area contributed by atoms with Gasteiger partial charge in [0.15, 0.2) is 0 Å². The van der Waals surface area contributed by atoms with Gasteiger partial charge in [-0.1, -0.05) is 19.9 Å². The van der Waals surface area contributed by atoms with Crippen molar-refractivity contribution in [1.29, 1.82) is 0 Å². The minimum Gasteiger partial charge on any atom is -0.495 e. The molecule has 1 N–H and O–H groups in total. The summed E-state index contributed by atoms with van der Waals surface area (Å²) in [6.07, 6.45) is 0. The van der Waals surface area contributed by atoms with Gasteiger partial charge in [0, 0.05) is 12.0 Å². The van der Waals surface area contributed by atoms with Gasteiger partial charge in [0.25, 0.3) is 0 Å². The maximum atomic E-state index is 5.37. The van der Waals surface area contributed by atoms with Crippen LogP contribution in [-0.4, -0.2) is 13.7 Å². The molecule has 2 heteroatoms. The summed E-state index contributed by atoms with van der Waals surface area (Å²) in [5, 5.41) is 3.41. The molecule has 2 nitrogen and oxygen atoms in total. The summed E-state index contributed by atoms with van der Waals surface area (Å²) in [4.78, 5) is 0. The predicted molar refractivity (Wildman–Crippen MR) is 59.2 cm³/mol. The minimum absolute atomic E-state index is 0.217. The van der Waals surface area contributed by atoms with E-state index in [0.717, 1.165) is 12.3 Å². The molecule has 0 unspecified atom stereocenters. The quantitative estimate of drug-likeness (QED) is 0.737. The molecule has 0 aliphatic carbocycles. The van der Waals surface area contributed by atoms with E-state index in [1.807, 2.05) is 0 Å². The zero-order valence-electron chi connectivity index (χ0n) is 9.27. The first kappa shape index (κ1) is 9.38. The molecule has 0 saturated heterocycles. The predicted octanol–water partition coefficient (Wildman–Crippen LogP) is 2.71. The van der Waals surface area contributed by atoms with Gasteiger partial charge < -0.3 is 10.1 Å². The summed E-state index contributed by atoms with van der Waals surface area (Å²) in [7, 11) is 1.72. The molecule has 1 aromatic carbocycles. The number of hydrogen-bond acceptors (Lipinski definition) is 2. The van der Waals surface area contributed by atoms with Crippen molar-refractivity contribution in [2.24, 2.45) is 0 Å². The van der Waals surface area contributed by atoms with Gasteiger partial charge in [-0.15, -0.1) is 0 Å². The van der Waals surface area contributed by atoms with Crippen LogP contribution >= 0.6 is 0 Å². The van der Waals surface area contributed by atoms with E-state index in [-0.39, 0.29) is 5.41 Å². The number of aryl methyl sites for hydroxylation is 1. The Morgan fingerprint density at radius 1 is 1.36 bits per heavy atom. The van der Waals surface area contributed by atoms with Gasteiger partial charge in [0.05, 0.1) is 12.8 Å². The lowest BCUT2D eigenvalue weighted by molar-refractivity contribution is 0.416. The molecule has 0 fully saturated rings. The van der Waals surface area contributed by atoms with E-state index in [1.54, 1.807) is 7.11 Å². The molecule has 1 aliphatic rings. The van der Waals surface area contributed by atoms with Gasteiger partial charge in [-0.3, -0.25) is 0 Å². The van der Waals surface area contributed by atoms with Crippen LogP contribution in [0.25, 0.3) is 0 Å². The molecule has 0 bridgehead atoms. The van der Waals surface area contributed by atoms with Crippen LogP contribution in [0.5, 0.6) is 5.75 Å². The molecule has 0 aromatic heterocycles. The Morgan fingerprint density at radius 3 is 2.71 bits per heavy atom. The maximum absolute atomic E-state index is 5.37. The fourth-order valence-electron chi connectivity index (χ4n) is 2.03. The van der Waals surface area contributed by atoms with Crippen molar-refractivity contribution in [3.05, 3.63) is 23.3 Å². The van der Waals surface area contributed by atoms with Crippen LogP contribution in [0.15, 0.2) is 12.1 Å². The molecule has 1 aliphatic heterocycles. The fraction of sp³-hybridized carbons (Fsp3) is 0.500. The molecule has 0 radical (unpaired) electrons. The zero-order chi connectivity index (χ0) is 10.3. The van der Waals surface area contributed by atoms with Crippen molar-refractivity contribution in [3.8, 4) is 5.75 Å². The van der Waals surface area contributed by atoms with Gasteiger partial charge in [0.2, 0.25) is 0 Å². The molecule has 0 atom stereocenters. The van der Waals surface area contributed by atoms with Crippen LogP contribution in [0.3, 0.4) is 0 Å². The summed E-state index contributed by atoms with van der Waals surface area (Å²) in [5.41, 5.74) is 4.02. The molecule has 0 amide bonds. The topological polar surface area (TPSA) is 21.3 Å². The van der Waals surface area contributed by atoms with Crippen LogP contribution in [0.4, 0.5) is 5.69 Å². The average Bonchev–Trinajstić information content (AvgIpc) is 2.42. The highest BCUT2D eigenvalue weighted by Gasteiger charge is 2.31. The van der Waals surface area contributed by atoms with Crippen molar-refractivity contribution in [2.75, 3.05) is 19.0 Å². The number of fused-ring (bicyclic) bond motifs is 1. The summed E-state index contributed by atoms with van der Waals surface area (Å²) < 4.78 is 5.37. The second-order valence-corrected chi connectivity index (χ2v) is 4.63. The molecule has 2 rings (SSSR count). The molecule has 76 valence electrons. The Kier molecular flexibility index (Phi) is 1.95. The van der Waals surface area contributed by atoms with Crippen molar-refractivity contribution >= 4 is 5.69 Å². The van der Waals surface area contributed by atoms with Crippen LogP contribution in [-0.2, 0) is 5.41 Å². The molecule has 1 aromatic rings. The van der Waals surface area contributed by atoms with Crippen molar-refractivity contribution < 1.29 is 4.74 Å². The number of hydrogen-bond donors (Lipinski definition) is 1. The van der Waals surface area contributed by atoms with Crippen LogP contribution < -0.4 is 10.1 Å². The van der Waals surface area contributed by atoms with Crippen molar-refractivity contribution in [1.82, 2.24) is 0 Å². The van der Waals surface area contributed by atoms with E-state index in [0.29, 0.717) is 0 Å². The van der Waals surface area contributed by atoms with Crippen molar-refractivity contribution in [2.45, 2.75) is 26.2 Å². The zero-order valence-corrected chi connectivity index (χ0v) is 9.27. The highest BCUT2D eigenvalue weighted by molar-refractivity contribution is 5.69. The van der Waals surface area contributed by atoms with Gasteiger partial charge in [-0.05, 0) is 24.1 Å². The summed E-state index contributed by atoms with van der Waals surface area (Å²) in [5.74, 6) is 0.963. The number of ether oxygens (including phenoxy) is 1. The van der Waals surface area contributed by atoms with E-state index >= 15 is 0 Å². The largest absolute Gasteiger partial charge is 0.495 e. The first-order valence-electron chi connectivity index (χ1n) is 4.97. The molecular weight excluding hydrogens is 174 g/mol. The van der Waals surface area contributed by atoms with Gasteiger partial charge in [-0.25, -0.2) is 0 Å². The number of benzene rings is 1. The smallest absolute Gasteiger partial charge is 0.142 e. The fourth-order valence-corrected chi connectivity index (χ4v) is 2.03. The normalized spacial score (nSPS) is 17.4. The highest BCUT2D eigenvalue weighted by atomic mass is 16.5. The standard InChI is InChI=1S/C12H17NO/c1-8-5-9-11(10(6-8)14-4)13-7-12(9,2)3/h5-6,13H,7H2,1-4H3. The van der Waals surface area contributed by atoms with E-state index < -0.39 is 0 Å².